The number of carbonyl (C=O) groups is 2. The lowest BCUT2D eigenvalue weighted by Gasteiger charge is -2.26. The van der Waals surface area contributed by atoms with E-state index >= 15 is 0 Å². The van der Waals surface area contributed by atoms with Crippen molar-refractivity contribution in [1.29, 1.82) is 0 Å². The zero-order chi connectivity index (χ0) is 20.7. The molecule has 0 aliphatic heterocycles. The van der Waals surface area contributed by atoms with E-state index in [1.807, 2.05) is 0 Å². The van der Waals surface area contributed by atoms with Gasteiger partial charge in [-0.1, -0.05) is 24.3 Å². The molecular weight excluding hydrogens is 363 g/mol. The van der Waals surface area contributed by atoms with E-state index in [1.54, 1.807) is 50.2 Å². The van der Waals surface area contributed by atoms with Crippen LogP contribution in [0.5, 0.6) is 5.75 Å². The standard InChI is InChI=1S/C20H25FN4O3/c1-12(18(22)26)24-20(25-13(2)19(23)27)15-6-8-17(9-7-15)28-11-14-4-3-5-16(21)10-14/h3-10,12-13,20,24-25H,11H2,1-2H3,(H2,22,26)(H2,23,27)/t12-,13-/m0/s1. The lowest BCUT2D eigenvalue weighted by atomic mass is 10.1. The summed E-state index contributed by atoms with van der Waals surface area (Å²) in [6, 6.07) is 12.0. The van der Waals surface area contributed by atoms with Gasteiger partial charge in [-0.3, -0.25) is 20.2 Å². The minimum Gasteiger partial charge on any atom is -0.489 e. The fraction of sp³-hybridized carbons (Fsp3) is 0.300. The molecule has 0 radical (unpaired) electrons. The van der Waals surface area contributed by atoms with Crippen LogP contribution in [0.25, 0.3) is 0 Å². The van der Waals surface area contributed by atoms with Crippen molar-refractivity contribution in [2.24, 2.45) is 11.5 Å². The fourth-order valence-corrected chi connectivity index (χ4v) is 2.45. The highest BCUT2D eigenvalue weighted by Crippen LogP contribution is 2.19. The van der Waals surface area contributed by atoms with E-state index in [1.165, 1.54) is 12.1 Å². The van der Waals surface area contributed by atoms with E-state index in [0.717, 1.165) is 11.1 Å². The first-order valence-electron chi connectivity index (χ1n) is 8.84. The van der Waals surface area contributed by atoms with Crippen molar-refractivity contribution < 1.29 is 18.7 Å². The number of primary amides is 2. The van der Waals surface area contributed by atoms with Crippen LogP contribution < -0.4 is 26.8 Å². The molecule has 0 aromatic heterocycles. The van der Waals surface area contributed by atoms with Gasteiger partial charge in [-0.2, -0.15) is 0 Å². The predicted octanol–water partition coefficient (Wildman–Crippen LogP) is 1.33. The molecule has 0 unspecified atom stereocenters. The van der Waals surface area contributed by atoms with Gasteiger partial charge in [0.1, 0.15) is 18.2 Å². The predicted molar refractivity (Wildman–Crippen MR) is 103 cm³/mol. The van der Waals surface area contributed by atoms with Crippen molar-refractivity contribution in [2.45, 2.75) is 38.7 Å². The van der Waals surface area contributed by atoms with Crippen molar-refractivity contribution in [1.82, 2.24) is 10.6 Å². The molecule has 28 heavy (non-hydrogen) atoms. The van der Waals surface area contributed by atoms with Gasteiger partial charge in [0.25, 0.3) is 0 Å². The molecule has 6 N–H and O–H groups in total. The molecule has 2 aromatic rings. The summed E-state index contributed by atoms with van der Waals surface area (Å²) in [4.78, 5) is 22.8. The number of hydrogen-bond donors (Lipinski definition) is 4. The van der Waals surface area contributed by atoms with Crippen molar-refractivity contribution in [3.8, 4) is 5.75 Å². The van der Waals surface area contributed by atoms with Crippen LogP contribution >= 0.6 is 0 Å². The Balaban J connectivity index is 2.08. The number of amides is 2. The summed E-state index contributed by atoms with van der Waals surface area (Å²) in [5, 5.41) is 6.05. The molecule has 150 valence electrons. The maximum Gasteiger partial charge on any atom is 0.234 e. The molecule has 0 aliphatic carbocycles. The molecule has 0 saturated carbocycles. The fourth-order valence-electron chi connectivity index (χ4n) is 2.45. The van der Waals surface area contributed by atoms with Crippen molar-refractivity contribution >= 4 is 11.8 Å². The van der Waals surface area contributed by atoms with Gasteiger partial charge in [0.05, 0.1) is 18.2 Å². The maximum atomic E-state index is 13.2. The van der Waals surface area contributed by atoms with E-state index in [2.05, 4.69) is 10.6 Å². The summed E-state index contributed by atoms with van der Waals surface area (Å²) in [6.07, 6.45) is -0.526. The number of benzene rings is 2. The van der Waals surface area contributed by atoms with Crippen molar-refractivity contribution in [3.05, 3.63) is 65.5 Å². The number of hydrogen-bond acceptors (Lipinski definition) is 5. The van der Waals surface area contributed by atoms with Gasteiger partial charge in [-0.25, -0.2) is 4.39 Å². The summed E-state index contributed by atoms with van der Waals surface area (Å²) < 4.78 is 18.9. The van der Waals surface area contributed by atoms with Gasteiger partial charge >= 0.3 is 0 Å². The van der Waals surface area contributed by atoms with E-state index in [-0.39, 0.29) is 12.4 Å². The van der Waals surface area contributed by atoms with Crippen LogP contribution in [0, 0.1) is 5.82 Å². The quantitative estimate of drug-likeness (QED) is 0.458. The van der Waals surface area contributed by atoms with Gasteiger partial charge in [0, 0.05) is 0 Å². The average Bonchev–Trinajstić information content (AvgIpc) is 2.66. The molecule has 0 aliphatic rings. The summed E-state index contributed by atoms with van der Waals surface area (Å²) in [6.45, 7) is 3.49. The van der Waals surface area contributed by atoms with Gasteiger partial charge in [0.2, 0.25) is 11.8 Å². The Labute approximate surface area is 163 Å². The molecule has 8 heteroatoms. The Kier molecular flexibility index (Phi) is 7.48. The lowest BCUT2D eigenvalue weighted by molar-refractivity contribution is -0.120. The topological polar surface area (TPSA) is 119 Å². The Morgan fingerprint density at radius 1 is 1.00 bits per heavy atom. The van der Waals surface area contributed by atoms with Gasteiger partial charge in [-0.05, 0) is 49.2 Å². The minimum absolute atomic E-state index is 0.231. The highest BCUT2D eigenvalue weighted by molar-refractivity contribution is 5.80. The summed E-state index contributed by atoms with van der Waals surface area (Å²) in [7, 11) is 0. The average molecular weight is 388 g/mol. The van der Waals surface area contributed by atoms with Crippen LogP contribution in [0.15, 0.2) is 48.5 Å². The number of carbonyl (C=O) groups excluding carboxylic acids is 2. The maximum absolute atomic E-state index is 13.2. The SMILES string of the molecule is C[C@H](NC(N[C@@H](C)C(N)=O)c1ccc(OCc2cccc(F)c2)cc1)C(N)=O. The largest absolute Gasteiger partial charge is 0.489 e. The van der Waals surface area contributed by atoms with Gasteiger partial charge in [0.15, 0.2) is 0 Å². The Morgan fingerprint density at radius 3 is 2.07 bits per heavy atom. The number of nitrogens with two attached hydrogens (primary N) is 2. The van der Waals surface area contributed by atoms with Crippen LogP contribution in [0.3, 0.4) is 0 Å². The normalized spacial score (nSPS) is 13.1. The number of halogens is 1. The smallest absolute Gasteiger partial charge is 0.234 e. The second-order valence-electron chi connectivity index (χ2n) is 6.50. The first-order chi connectivity index (χ1) is 13.3. The van der Waals surface area contributed by atoms with Crippen LogP contribution in [-0.2, 0) is 16.2 Å². The van der Waals surface area contributed by atoms with E-state index < -0.39 is 30.1 Å². The second-order valence-corrected chi connectivity index (χ2v) is 6.50. The lowest BCUT2D eigenvalue weighted by Crippen LogP contribution is -2.50. The highest BCUT2D eigenvalue weighted by Gasteiger charge is 2.21. The Morgan fingerprint density at radius 2 is 1.57 bits per heavy atom. The molecule has 2 aromatic carbocycles. The third kappa shape index (κ3) is 6.33. The van der Waals surface area contributed by atoms with Crippen molar-refractivity contribution in [3.63, 3.8) is 0 Å². The molecule has 7 nitrogen and oxygen atoms in total. The van der Waals surface area contributed by atoms with Crippen LogP contribution in [0.4, 0.5) is 4.39 Å². The minimum atomic E-state index is -0.624. The monoisotopic (exact) mass is 388 g/mol. The molecule has 0 saturated heterocycles. The second kappa shape index (κ2) is 9.82. The summed E-state index contributed by atoms with van der Waals surface area (Å²) in [5.74, 6) is -0.761. The molecule has 2 amide bonds. The number of rotatable bonds is 10. The van der Waals surface area contributed by atoms with Crippen LogP contribution in [0.1, 0.15) is 31.1 Å². The van der Waals surface area contributed by atoms with E-state index in [4.69, 9.17) is 16.2 Å². The van der Waals surface area contributed by atoms with Crippen molar-refractivity contribution in [2.75, 3.05) is 0 Å². The van der Waals surface area contributed by atoms with Crippen LogP contribution in [-0.4, -0.2) is 23.9 Å². The zero-order valence-corrected chi connectivity index (χ0v) is 15.8. The molecule has 0 bridgehead atoms. The molecular formula is C20H25FN4O3. The molecule has 0 spiro atoms. The molecule has 0 heterocycles. The molecule has 2 atom stereocenters. The first-order valence-corrected chi connectivity index (χ1v) is 8.84. The van der Waals surface area contributed by atoms with E-state index in [9.17, 15) is 14.0 Å². The highest BCUT2D eigenvalue weighted by atomic mass is 19.1. The zero-order valence-electron chi connectivity index (χ0n) is 15.8. The Bertz CT molecular complexity index is 791. The molecule has 0 fully saturated rings. The first kappa shape index (κ1) is 21.3. The Hall–Kier alpha value is -2.97. The van der Waals surface area contributed by atoms with E-state index in [0.29, 0.717) is 5.75 Å². The number of ether oxygens (including phenoxy) is 1. The third-order valence-corrected chi connectivity index (χ3v) is 4.19. The number of nitrogens with one attached hydrogen (secondary N) is 2. The van der Waals surface area contributed by atoms with Gasteiger partial charge in [-0.15, -0.1) is 0 Å². The summed E-state index contributed by atoms with van der Waals surface area (Å²) in [5.41, 5.74) is 12.1. The molecule has 2 rings (SSSR count). The third-order valence-electron chi connectivity index (χ3n) is 4.19. The van der Waals surface area contributed by atoms with Gasteiger partial charge < -0.3 is 16.2 Å². The van der Waals surface area contributed by atoms with Crippen LogP contribution in [0.2, 0.25) is 0 Å². The summed E-state index contributed by atoms with van der Waals surface area (Å²) >= 11 is 0.